The van der Waals surface area contributed by atoms with Crippen molar-refractivity contribution in [3.63, 3.8) is 0 Å². The summed E-state index contributed by atoms with van der Waals surface area (Å²) in [4.78, 5) is 25.1. The van der Waals surface area contributed by atoms with Crippen molar-refractivity contribution in [2.24, 2.45) is 0 Å². The molecule has 3 rings (SSSR count). The van der Waals surface area contributed by atoms with Crippen molar-refractivity contribution in [3.05, 3.63) is 84.4 Å². The maximum atomic E-state index is 12.2. The van der Waals surface area contributed by atoms with E-state index >= 15 is 0 Å². The van der Waals surface area contributed by atoms with Gasteiger partial charge >= 0.3 is 0 Å². The molecule has 0 saturated carbocycles. The van der Waals surface area contributed by atoms with Crippen LogP contribution in [0.3, 0.4) is 0 Å². The van der Waals surface area contributed by atoms with E-state index in [0.717, 1.165) is 22.7 Å². The van der Waals surface area contributed by atoms with Crippen LogP contribution in [0.2, 0.25) is 0 Å². The Morgan fingerprint density at radius 1 is 0.867 bits per heavy atom. The highest BCUT2D eigenvalue weighted by Gasteiger charge is 2.06. The molecule has 0 bridgehead atoms. The molecule has 2 amide bonds. The Labute approximate surface area is 176 Å². The predicted molar refractivity (Wildman–Crippen MR) is 120 cm³/mol. The second-order valence-electron chi connectivity index (χ2n) is 6.83. The molecule has 0 fully saturated rings. The number of nitrogens with zero attached hydrogens (tertiary/aromatic N) is 1. The van der Waals surface area contributed by atoms with Crippen LogP contribution in [0.1, 0.15) is 12.5 Å². The van der Waals surface area contributed by atoms with Crippen LogP contribution in [0.4, 0.5) is 17.1 Å². The quantitative estimate of drug-likeness (QED) is 0.588. The summed E-state index contributed by atoms with van der Waals surface area (Å²) in [6.45, 7) is 2.14. The Balaban J connectivity index is 1.45. The topological polar surface area (TPSA) is 70.7 Å². The van der Waals surface area contributed by atoms with Crippen LogP contribution in [0.25, 0.3) is 0 Å². The lowest BCUT2D eigenvalue weighted by Crippen LogP contribution is -2.23. The third-order valence-electron chi connectivity index (χ3n) is 4.57. The van der Waals surface area contributed by atoms with Gasteiger partial charge in [-0.1, -0.05) is 30.3 Å². The molecule has 30 heavy (non-hydrogen) atoms. The van der Waals surface area contributed by atoms with Crippen molar-refractivity contribution in [3.8, 4) is 5.75 Å². The Kier molecular flexibility index (Phi) is 7.05. The molecule has 0 saturated heterocycles. The largest absolute Gasteiger partial charge is 0.489 e. The first-order valence-corrected chi connectivity index (χ1v) is 9.66. The summed E-state index contributed by atoms with van der Waals surface area (Å²) in [5, 5.41) is 5.92. The first kappa shape index (κ1) is 20.9. The van der Waals surface area contributed by atoms with E-state index in [0.29, 0.717) is 12.3 Å². The number of carbonyl (C=O) groups is 2. The molecule has 0 atom stereocenters. The van der Waals surface area contributed by atoms with Crippen molar-refractivity contribution in [2.75, 3.05) is 29.1 Å². The molecule has 0 aromatic heterocycles. The first-order chi connectivity index (χ1) is 14.5. The van der Waals surface area contributed by atoms with E-state index in [-0.39, 0.29) is 18.4 Å². The summed E-state index contributed by atoms with van der Waals surface area (Å²) < 4.78 is 5.75. The summed E-state index contributed by atoms with van der Waals surface area (Å²) >= 11 is 0. The van der Waals surface area contributed by atoms with E-state index in [1.54, 1.807) is 11.9 Å². The van der Waals surface area contributed by atoms with Gasteiger partial charge in [-0.15, -0.1) is 0 Å². The van der Waals surface area contributed by atoms with Gasteiger partial charge in [0.15, 0.2) is 0 Å². The monoisotopic (exact) mass is 403 g/mol. The van der Waals surface area contributed by atoms with E-state index in [9.17, 15) is 9.59 Å². The molecule has 3 aromatic carbocycles. The second kappa shape index (κ2) is 10.1. The van der Waals surface area contributed by atoms with Gasteiger partial charge in [-0.25, -0.2) is 0 Å². The highest BCUT2D eigenvalue weighted by Crippen LogP contribution is 2.18. The van der Waals surface area contributed by atoms with Crippen molar-refractivity contribution >= 4 is 28.9 Å². The number of ether oxygens (including phenoxy) is 1. The smallest absolute Gasteiger partial charge is 0.243 e. The molecule has 0 heterocycles. The predicted octanol–water partition coefficient (Wildman–Crippen LogP) is 4.30. The highest BCUT2D eigenvalue weighted by atomic mass is 16.5. The van der Waals surface area contributed by atoms with E-state index in [4.69, 9.17) is 4.74 Å². The van der Waals surface area contributed by atoms with Gasteiger partial charge in [0.2, 0.25) is 11.8 Å². The highest BCUT2D eigenvalue weighted by molar-refractivity contribution is 5.94. The Hall–Kier alpha value is -3.80. The molecule has 154 valence electrons. The van der Waals surface area contributed by atoms with Crippen LogP contribution in [0, 0.1) is 0 Å². The lowest BCUT2D eigenvalue weighted by molar-refractivity contribution is -0.116. The number of carbonyl (C=O) groups excluding carboxylic acids is 2. The van der Waals surface area contributed by atoms with Crippen LogP contribution >= 0.6 is 0 Å². The molecule has 0 radical (unpaired) electrons. The van der Waals surface area contributed by atoms with E-state index in [2.05, 4.69) is 10.6 Å². The van der Waals surface area contributed by atoms with Crippen molar-refractivity contribution in [1.82, 2.24) is 0 Å². The van der Waals surface area contributed by atoms with Crippen LogP contribution in [-0.2, 0) is 16.2 Å². The van der Waals surface area contributed by atoms with Gasteiger partial charge in [0.25, 0.3) is 0 Å². The summed E-state index contributed by atoms with van der Waals surface area (Å²) in [6, 6.07) is 24.6. The van der Waals surface area contributed by atoms with Gasteiger partial charge in [0.05, 0.1) is 6.54 Å². The molecule has 0 aliphatic heterocycles. The van der Waals surface area contributed by atoms with Crippen molar-refractivity contribution < 1.29 is 14.3 Å². The van der Waals surface area contributed by atoms with Gasteiger partial charge in [-0.3, -0.25) is 9.59 Å². The number of nitrogens with one attached hydrogen (secondary N) is 2. The number of anilines is 3. The molecule has 0 aliphatic carbocycles. The minimum Gasteiger partial charge on any atom is -0.489 e. The van der Waals surface area contributed by atoms with Crippen LogP contribution < -0.4 is 20.3 Å². The Morgan fingerprint density at radius 3 is 2.13 bits per heavy atom. The third-order valence-corrected chi connectivity index (χ3v) is 4.57. The molecule has 0 aliphatic rings. The minimum atomic E-state index is -0.155. The minimum absolute atomic E-state index is 0.0356. The molecule has 2 N–H and O–H groups in total. The van der Waals surface area contributed by atoms with Gasteiger partial charge < -0.3 is 20.3 Å². The fourth-order valence-electron chi connectivity index (χ4n) is 2.75. The van der Waals surface area contributed by atoms with E-state index < -0.39 is 0 Å². The average molecular weight is 403 g/mol. The summed E-state index contributed by atoms with van der Waals surface area (Å²) in [5.74, 6) is 0.551. The van der Waals surface area contributed by atoms with Crippen LogP contribution in [0.15, 0.2) is 78.9 Å². The zero-order valence-corrected chi connectivity index (χ0v) is 17.1. The van der Waals surface area contributed by atoms with Gasteiger partial charge in [-0.05, 0) is 54.1 Å². The maximum Gasteiger partial charge on any atom is 0.243 e. The Morgan fingerprint density at radius 2 is 1.50 bits per heavy atom. The van der Waals surface area contributed by atoms with Gasteiger partial charge in [-0.2, -0.15) is 0 Å². The molecule has 6 heteroatoms. The normalized spacial score (nSPS) is 10.2. The molecule has 6 nitrogen and oxygen atoms in total. The second-order valence-corrected chi connectivity index (χ2v) is 6.83. The number of rotatable bonds is 8. The van der Waals surface area contributed by atoms with E-state index in [1.807, 2.05) is 78.9 Å². The summed E-state index contributed by atoms with van der Waals surface area (Å²) in [6.07, 6.45) is 0. The molecular formula is C24H25N3O3. The van der Waals surface area contributed by atoms with Crippen molar-refractivity contribution in [2.45, 2.75) is 13.5 Å². The SMILES string of the molecule is CC(=O)N(C)c1ccc(NCC(=O)Nc2ccc(OCc3ccccc3)cc2)cc1. The zero-order chi connectivity index (χ0) is 21.3. The van der Waals surface area contributed by atoms with E-state index in [1.165, 1.54) is 6.92 Å². The summed E-state index contributed by atoms with van der Waals surface area (Å²) in [7, 11) is 1.72. The molecule has 0 unspecified atom stereocenters. The van der Waals surface area contributed by atoms with Crippen LogP contribution in [0.5, 0.6) is 5.75 Å². The molecule has 0 spiro atoms. The molecule has 3 aromatic rings. The fourth-order valence-corrected chi connectivity index (χ4v) is 2.75. The number of benzene rings is 3. The first-order valence-electron chi connectivity index (χ1n) is 9.66. The van der Waals surface area contributed by atoms with Crippen LogP contribution in [-0.4, -0.2) is 25.4 Å². The van der Waals surface area contributed by atoms with Gasteiger partial charge in [0, 0.05) is 31.0 Å². The third kappa shape index (κ3) is 6.10. The number of hydrogen-bond acceptors (Lipinski definition) is 4. The maximum absolute atomic E-state index is 12.2. The number of amides is 2. The van der Waals surface area contributed by atoms with Crippen molar-refractivity contribution in [1.29, 1.82) is 0 Å². The van der Waals surface area contributed by atoms with Gasteiger partial charge in [0.1, 0.15) is 12.4 Å². The lowest BCUT2D eigenvalue weighted by atomic mass is 10.2. The average Bonchev–Trinajstić information content (AvgIpc) is 2.78. The molecular weight excluding hydrogens is 378 g/mol. The summed E-state index contributed by atoms with van der Waals surface area (Å²) in [5.41, 5.74) is 3.40. The standard InChI is InChI=1S/C24H25N3O3/c1-18(28)27(2)22-12-8-20(9-13-22)25-16-24(29)26-21-10-14-23(15-11-21)30-17-19-6-4-3-5-7-19/h3-15,25H,16-17H2,1-2H3,(H,26,29). The fraction of sp³-hybridized carbons (Fsp3) is 0.167. The zero-order valence-electron chi connectivity index (χ0n) is 17.1. The number of hydrogen-bond donors (Lipinski definition) is 2. The Bertz CT molecular complexity index is 971. The lowest BCUT2D eigenvalue weighted by Gasteiger charge is -2.15.